The number of nitro groups is 1. The van der Waals surface area contributed by atoms with Gasteiger partial charge in [0.1, 0.15) is 0 Å². The summed E-state index contributed by atoms with van der Waals surface area (Å²) >= 11 is 9.17. The van der Waals surface area contributed by atoms with Crippen LogP contribution in [0.1, 0.15) is 22.8 Å². The molecule has 2 aromatic carbocycles. The van der Waals surface area contributed by atoms with E-state index in [4.69, 9.17) is 11.6 Å². The van der Waals surface area contributed by atoms with E-state index >= 15 is 0 Å². The molecule has 6 nitrogen and oxygen atoms in total. The van der Waals surface area contributed by atoms with E-state index < -0.39 is 27.3 Å². The van der Waals surface area contributed by atoms with Crippen molar-refractivity contribution in [2.75, 3.05) is 5.32 Å². The van der Waals surface area contributed by atoms with E-state index in [2.05, 4.69) is 21.2 Å². The fourth-order valence-electron chi connectivity index (χ4n) is 2.05. The Morgan fingerprint density at radius 2 is 2.00 bits per heavy atom. The van der Waals surface area contributed by atoms with Gasteiger partial charge in [-0.2, -0.15) is 0 Å². The Labute approximate surface area is 151 Å². The maximum Gasteiger partial charge on any atom is 0.298 e. The van der Waals surface area contributed by atoms with Crippen molar-refractivity contribution in [3.05, 3.63) is 67.1 Å². The lowest BCUT2D eigenvalue weighted by Gasteiger charge is -2.10. The molecule has 2 aromatic rings. The molecule has 0 heterocycles. The molecule has 124 valence electrons. The largest absolute Gasteiger partial charge is 0.505 e. The first-order valence-electron chi connectivity index (χ1n) is 6.74. The van der Waals surface area contributed by atoms with Crippen molar-refractivity contribution in [1.29, 1.82) is 0 Å². The number of hydrogen-bond donors (Lipinski definition) is 2. The summed E-state index contributed by atoms with van der Waals surface area (Å²) < 4.78 is 0.845. The third-order valence-corrected chi connectivity index (χ3v) is 4.01. The normalized spacial score (nSPS) is 10.8. The minimum atomic E-state index is -0.701. The molecule has 2 rings (SSSR count). The van der Waals surface area contributed by atoms with Crippen molar-refractivity contribution in [1.82, 2.24) is 0 Å². The smallest absolute Gasteiger partial charge is 0.298 e. The molecule has 0 aliphatic rings. The van der Waals surface area contributed by atoms with Crippen LogP contribution in [-0.2, 0) is 0 Å². The van der Waals surface area contributed by atoms with Crippen molar-refractivity contribution in [2.24, 2.45) is 0 Å². The number of carbonyl (C=O) groups is 1. The second-order valence-electron chi connectivity index (χ2n) is 4.74. The van der Waals surface area contributed by atoms with Gasteiger partial charge in [0.2, 0.25) is 0 Å². The number of amides is 1. The zero-order chi connectivity index (χ0) is 17.9. The first kappa shape index (κ1) is 18.0. The Balaban J connectivity index is 2.47. The SMILES string of the molecule is CC=Cc1cc(C(=O)Nc2ccc(Br)cc2)c(O)c(Cl)c1[N+](=O)[O-]. The molecule has 0 unspecified atom stereocenters. The van der Waals surface area contributed by atoms with E-state index in [1.165, 1.54) is 12.1 Å². The summed E-state index contributed by atoms with van der Waals surface area (Å²) in [7, 11) is 0. The molecule has 1 amide bonds. The average molecular weight is 412 g/mol. The van der Waals surface area contributed by atoms with Crippen LogP contribution in [0.4, 0.5) is 11.4 Å². The Hall–Kier alpha value is -2.38. The van der Waals surface area contributed by atoms with Crippen LogP contribution in [0.5, 0.6) is 5.75 Å². The number of halogens is 2. The van der Waals surface area contributed by atoms with Crippen LogP contribution in [0.15, 0.2) is 40.9 Å². The quantitative estimate of drug-likeness (QED) is 0.547. The molecule has 8 heteroatoms. The number of allylic oxidation sites excluding steroid dienone is 1. The number of phenols is 1. The molecular formula is C16H12BrClN2O4. The lowest BCUT2D eigenvalue weighted by atomic mass is 10.1. The highest BCUT2D eigenvalue weighted by atomic mass is 79.9. The molecule has 0 spiro atoms. The number of hydrogen-bond acceptors (Lipinski definition) is 4. The maximum atomic E-state index is 12.4. The van der Waals surface area contributed by atoms with Crippen LogP contribution in [0, 0.1) is 10.1 Å². The Morgan fingerprint density at radius 3 is 2.54 bits per heavy atom. The van der Waals surface area contributed by atoms with Crippen LogP contribution in [0.25, 0.3) is 6.08 Å². The first-order valence-corrected chi connectivity index (χ1v) is 7.91. The Kier molecular flexibility index (Phi) is 5.58. The summed E-state index contributed by atoms with van der Waals surface area (Å²) in [6, 6.07) is 8.04. The number of benzene rings is 2. The molecule has 0 bridgehead atoms. The minimum absolute atomic E-state index is 0.131. The number of nitro benzene ring substituents is 1. The van der Waals surface area contributed by atoms with Gasteiger partial charge in [-0.15, -0.1) is 0 Å². The molecule has 2 N–H and O–H groups in total. The van der Waals surface area contributed by atoms with E-state index in [9.17, 15) is 20.0 Å². The molecule has 0 radical (unpaired) electrons. The predicted molar refractivity (Wildman–Crippen MR) is 96.6 cm³/mol. The van der Waals surface area contributed by atoms with Gasteiger partial charge in [-0.25, -0.2) is 0 Å². The monoisotopic (exact) mass is 410 g/mol. The zero-order valence-corrected chi connectivity index (χ0v) is 14.8. The summed E-state index contributed by atoms with van der Waals surface area (Å²) in [5.74, 6) is -1.26. The predicted octanol–water partition coefficient (Wildman–Crippen LogP) is 5.00. The van der Waals surface area contributed by atoms with Gasteiger partial charge in [-0.3, -0.25) is 14.9 Å². The summed E-state index contributed by atoms with van der Waals surface area (Å²) in [5.41, 5.74) is 0.0324. The third kappa shape index (κ3) is 3.74. The fourth-order valence-corrected chi connectivity index (χ4v) is 2.59. The lowest BCUT2D eigenvalue weighted by Crippen LogP contribution is -2.13. The van der Waals surface area contributed by atoms with Crippen LogP contribution >= 0.6 is 27.5 Å². The maximum absolute atomic E-state index is 12.4. The fraction of sp³-hybridized carbons (Fsp3) is 0.0625. The van der Waals surface area contributed by atoms with Crippen molar-refractivity contribution in [3.63, 3.8) is 0 Å². The van der Waals surface area contributed by atoms with Crippen LogP contribution in [0.3, 0.4) is 0 Å². The van der Waals surface area contributed by atoms with Crippen LogP contribution in [-0.4, -0.2) is 15.9 Å². The number of nitrogens with zero attached hydrogens (tertiary/aromatic N) is 1. The van der Waals surface area contributed by atoms with Gasteiger partial charge >= 0.3 is 0 Å². The van der Waals surface area contributed by atoms with Crippen LogP contribution < -0.4 is 5.32 Å². The van der Waals surface area contributed by atoms with Crippen molar-refractivity contribution >= 4 is 50.9 Å². The van der Waals surface area contributed by atoms with Gasteiger partial charge in [-0.1, -0.05) is 39.7 Å². The van der Waals surface area contributed by atoms with E-state index in [0.29, 0.717) is 5.69 Å². The van der Waals surface area contributed by atoms with Gasteiger partial charge < -0.3 is 10.4 Å². The molecule has 0 saturated heterocycles. The van der Waals surface area contributed by atoms with Crippen molar-refractivity contribution < 1.29 is 14.8 Å². The van der Waals surface area contributed by atoms with E-state index in [1.807, 2.05) is 0 Å². The summed E-state index contributed by atoms with van der Waals surface area (Å²) in [6.07, 6.45) is 3.02. The number of nitrogens with one attached hydrogen (secondary N) is 1. The van der Waals surface area contributed by atoms with Crippen molar-refractivity contribution in [2.45, 2.75) is 6.92 Å². The zero-order valence-electron chi connectivity index (χ0n) is 12.4. The topological polar surface area (TPSA) is 92.5 Å². The van der Waals surface area contributed by atoms with Gasteiger partial charge in [0.05, 0.1) is 16.1 Å². The van der Waals surface area contributed by atoms with Gasteiger partial charge in [-0.05, 0) is 37.3 Å². The molecule has 0 aliphatic carbocycles. The number of rotatable bonds is 4. The van der Waals surface area contributed by atoms with Crippen LogP contribution in [0.2, 0.25) is 5.02 Å². The first-order chi connectivity index (χ1) is 11.3. The second-order valence-corrected chi connectivity index (χ2v) is 6.04. The van der Waals surface area contributed by atoms with Crippen molar-refractivity contribution in [3.8, 4) is 5.75 Å². The highest BCUT2D eigenvalue weighted by molar-refractivity contribution is 9.10. The molecule has 0 saturated carbocycles. The molecular weight excluding hydrogens is 400 g/mol. The highest BCUT2D eigenvalue weighted by Gasteiger charge is 2.26. The molecule has 0 aromatic heterocycles. The average Bonchev–Trinajstić information content (AvgIpc) is 2.52. The molecule has 0 atom stereocenters. The Bertz CT molecular complexity index is 835. The third-order valence-electron chi connectivity index (χ3n) is 3.12. The summed E-state index contributed by atoms with van der Waals surface area (Å²) in [6.45, 7) is 1.67. The molecule has 0 aliphatic heterocycles. The van der Waals surface area contributed by atoms with E-state index in [-0.39, 0.29) is 11.1 Å². The van der Waals surface area contributed by atoms with Gasteiger partial charge in [0, 0.05) is 10.2 Å². The summed E-state index contributed by atoms with van der Waals surface area (Å²) in [5, 5.41) is 23.4. The minimum Gasteiger partial charge on any atom is -0.505 e. The Morgan fingerprint density at radius 1 is 1.38 bits per heavy atom. The van der Waals surface area contributed by atoms with Gasteiger partial charge in [0.15, 0.2) is 10.8 Å². The van der Waals surface area contributed by atoms with Gasteiger partial charge in [0.25, 0.3) is 11.6 Å². The lowest BCUT2D eigenvalue weighted by molar-refractivity contribution is -0.385. The second kappa shape index (κ2) is 7.46. The molecule has 0 fully saturated rings. The summed E-state index contributed by atoms with van der Waals surface area (Å²) in [4.78, 5) is 22.8. The number of aromatic hydroxyl groups is 1. The highest BCUT2D eigenvalue weighted by Crippen LogP contribution is 2.39. The number of carbonyl (C=O) groups excluding carboxylic acids is 1. The van der Waals surface area contributed by atoms with E-state index in [0.717, 1.165) is 4.47 Å². The number of phenolic OH excluding ortho intramolecular Hbond substituents is 1. The van der Waals surface area contributed by atoms with E-state index in [1.54, 1.807) is 37.3 Å². The number of anilines is 1. The standard InChI is InChI=1S/C16H12BrClN2O4/c1-2-3-9-8-12(15(21)13(18)14(9)20(23)24)16(22)19-11-6-4-10(17)5-7-11/h2-8,21H,1H3,(H,19,22). The molecule has 24 heavy (non-hydrogen) atoms.